The molecule has 2 amide bonds. The summed E-state index contributed by atoms with van der Waals surface area (Å²) in [5.41, 5.74) is 0. The van der Waals surface area contributed by atoms with Crippen molar-refractivity contribution in [3.63, 3.8) is 0 Å². The van der Waals surface area contributed by atoms with Gasteiger partial charge in [-0.3, -0.25) is 0 Å². The number of rotatable bonds is 5. The number of carboxylic acids is 1. The van der Waals surface area contributed by atoms with Crippen LogP contribution in [0.1, 0.15) is 33.1 Å². The van der Waals surface area contributed by atoms with Gasteiger partial charge in [-0.1, -0.05) is 20.3 Å². The number of carboxylic acid groups (broad SMARTS) is 1. The molecule has 0 radical (unpaired) electrons. The molecule has 0 aromatic heterocycles. The summed E-state index contributed by atoms with van der Waals surface area (Å²) < 4.78 is 5.47. The lowest BCUT2D eigenvalue weighted by Gasteiger charge is -2.33. The van der Waals surface area contributed by atoms with Gasteiger partial charge in [-0.25, -0.2) is 9.59 Å². The van der Waals surface area contributed by atoms with E-state index in [1.165, 1.54) is 0 Å². The highest BCUT2D eigenvalue weighted by Crippen LogP contribution is 2.09. The molecule has 1 saturated heterocycles. The fourth-order valence-corrected chi connectivity index (χ4v) is 1.94. The second-order valence-corrected chi connectivity index (χ2v) is 4.48. The zero-order valence-electron chi connectivity index (χ0n) is 11.0. The average Bonchev–Trinajstić information content (AvgIpc) is 2.38. The van der Waals surface area contributed by atoms with E-state index in [1.807, 2.05) is 13.8 Å². The molecule has 2 N–H and O–H groups in total. The zero-order valence-corrected chi connectivity index (χ0v) is 11.0. The molecule has 6 heteroatoms. The molecular formula is C12H22N2O4. The van der Waals surface area contributed by atoms with E-state index in [9.17, 15) is 9.59 Å². The van der Waals surface area contributed by atoms with Crippen LogP contribution in [0.5, 0.6) is 0 Å². The summed E-state index contributed by atoms with van der Waals surface area (Å²) in [7, 11) is 0. The molecule has 0 aliphatic carbocycles. The van der Waals surface area contributed by atoms with Crippen LogP contribution in [-0.4, -0.2) is 53.8 Å². The molecule has 104 valence electrons. The van der Waals surface area contributed by atoms with Crippen LogP contribution in [0.25, 0.3) is 0 Å². The van der Waals surface area contributed by atoms with Gasteiger partial charge in [0.05, 0.1) is 12.7 Å². The van der Waals surface area contributed by atoms with E-state index >= 15 is 0 Å². The zero-order chi connectivity index (χ0) is 13.5. The van der Waals surface area contributed by atoms with Crippen molar-refractivity contribution in [2.75, 3.05) is 19.7 Å². The molecule has 1 fully saturated rings. The number of aliphatic carboxylic acids is 1. The van der Waals surface area contributed by atoms with Crippen LogP contribution in [0.2, 0.25) is 0 Å². The van der Waals surface area contributed by atoms with Crippen LogP contribution in [0.3, 0.4) is 0 Å². The van der Waals surface area contributed by atoms with Crippen LogP contribution in [0.15, 0.2) is 0 Å². The summed E-state index contributed by atoms with van der Waals surface area (Å²) >= 11 is 0. The third kappa shape index (κ3) is 4.18. The van der Waals surface area contributed by atoms with E-state index < -0.39 is 12.0 Å². The second-order valence-electron chi connectivity index (χ2n) is 4.48. The lowest BCUT2D eigenvalue weighted by atomic mass is 10.1. The summed E-state index contributed by atoms with van der Waals surface area (Å²) in [5.74, 6) is -0.981. The fourth-order valence-electron chi connectivity index (χ4n) is 1.94. The Morgan fingerprint density at radius 1 is 1.50 bits per heavy atom. The highest BCUT2D eigenvalue weighted by molar-refractivity contribution is 5.82. The van der Waals surface area contributed by atoms with Crippen molar-refractivity contribution in [1.29, 1.82) is 0 Å². The third-order valence-electron chi connectivity index (χ3n) is 3.05. The molecule has 0 spiro atoms. The van der Waals surface area contributed by atoms with Crippen molar-refractivity contribution in [3.05, 3.63) is 0 Å². The van der Waals surface area contributed by atoms with Crippen LogP contribution in [0.4, 0.5) is 4.79 Å². The fraction of sp³-hybridized carbons (Fsp3) is 0.833. The Hall–Kier alpha value is -1.30. The predicted octanol–water partition coefficient (Wildman–Crippen LogP) is 1.06. The standard InChI is InChI=1S/C12H22N2O4/c1-3-5-10(11(15)16)13-12(17)14-6-7-18-9(4-2)8-14/h9-10H,3-8H2,1-2H3,(H,13,17)(H,15,16). The van der Waals surface area contributed by atoms with Gasteiger partial charge < -0.3 is 20.1 Å². The predicted molar refractivity (Wildman–Crippen MR) is 66.5 cm³/mol. The summed E-state index contributed by atoms with van der Waals surface area (Å²) in [6.45, 7) is 5.45. The molecule has 2 unspecified atom stereocenters. The van der Waals surface area contributed by atoms with E-state index in [1.54, 1.807) is 4.90 Å². The Kier molecular flexibility index (Phi) is 5.91. The van der Waals surface area contributed by atoms with E-state index in [0.29, 0.717) is 26.1 Å². The highest BCUT2D eigenvalue weighted by Gasteiger charge is 2.26. The van der Waals surface area contributed by atoms with Gasteiger partial charge in [0.2, 0.25) is 0 Å². The third-order valence-corrected chi connectivity index (χ3v) is 3.05. The van der Waals surface area contributed by atoms with Crippen molar-refractivity contribution >= 4 is 12.0 Å². The summed E-state index contributed by atoms with van der Waals surface area (Å²) in [6, 6.07) is -1.11. The van der Waals surface area contributed by atoms with Gasteiger partial charge in [0.1, 0.15) is 6.04 Å². The molecule has 2 atom stereocenters. The topological polar surface area (TPSA) is 78.9 Å². The molecule has 0 aromatic rings. The van der Waals surface area contributed by atoms with Gasteiger partial charge in [-0.05, 0) is 12.8 Å². The van der Waals surface area contributed by atoms with Crippen LogP contribution < -0.4 is 5.32 Å². The van der Waals surface area contributed by atoms with Gasteiger partial charge in [0.15, 0.2) is 0 Å². The van der Waals surface area contributed by atoms with Crippen molar-refractivity contribution in [1.82, 2.24) is 10.2 Å². The molecule has 1 rings (SSSR count). The van der Waals surface area contributed by atoms with E-state index in [2.05, 4.69) is 5.32 Å². The van der Waals surface area contributed by atoms with E-state index in [-0.39, 0.29) is 12.1 Å². The number of carbonyl (C=O) groups is 2. The minimum atomic E-state index is -0.981. The van der Waals surface area contributed by atoms with E-state index in [4.69, 9.17) is 9.84 Å². The first kappa shape index (κ1) is 14.8. The minimum Gasteiger partial charge on any atom is -0.480 e. The molecule has 1 heterocycles. The van der Waals surface area contributed by atoms with Gasteiger partial charge in [-0.2, -0.15) is 0 Å². The Bertz CT molecular complexity index is 296. The number of hydrogen-bond acceptors (Lipinski definition) is 3. The Balaban J connectivity index is 2.50. The lowest BCUT2D eigenvalue weighted by molar-refractivity contribution is -0.139. The quantitative estimate of drug-likeness (QED) is 0.773. The Labute approximate surface area is 107 Å². The van der Waals surface area contributed by atoms with Crippen LogP contribution in [-0.2, 0) is 9.53 Å². The Morgan fingerprint density at radius 2 is 2.22 bits per heavy atom. The first-order chi connectivity index (χ1) is 8.58. The van der Waals surface area contributed by atoms with Gasteiger partial charge in [0.25, 0.3) is 0 Å². The molecule has 0 aromatic carbocycles. The number of hydrogen-bond donors (Lipinski definition) is 2. The van der Waals surface area contributed by atoms with Crippen LogP contribution in [0, 0.1) is 0 Å². The molecule has 1 aliphatic rings. The number of nitrogens with zero attached hydrogens (tertiary/aromatic N) is 1. The van der Waals surface area contributed by atoms with Crippen molar-refractivity contribution in [3.8, 4) is 0 Å². The van der Waals surface area contributed by atoms with Gasteiger partial charge >= 0.3 is 12.0 Å². The summed E-state index contributed by atoms with van der Waals surface area (Å²) in [6.07, 6.45) is 2.07. The number of ether oxygens (including phenoxy) is 1. The van der Waals surface area contributed by atoms with Crippen molar-refractivity contribution in [2.45, 2.75) is 45.3 Å². The summed E-state index contributed by atoms with van der Waals surface area (Å²) in [5, 5.41) is 11.6. The van der Waals surface area contributed by atoms with Crippen molar-refractivity contribution < 1.29 is 19.4 Å². The first-order valence-corrected chi connectivity index (χ1v) is 6.48. The first-order valence-electron chi connectivity index (χ1n) is 6.48. The highest BCUT2D eigenvalue weighted by atomic mass is 16.5. The molecule has 0 bridgehead atoms. The van der Waals surface area contributed by atoms with Crippen molar-refractivity contribution in [2.24, 2.45) is 0 Å². The normalized spacial score (nSPS) is 21.4. The molecule has 6 nitrogen and oxygen atoms in total. The van der Waals surface area contributed by atoms with Gasteiger partial charge in [-0.15, -0.1) is 0 Å². The SMILES string of the molecule is CCCC(NC(=O)N1CCOC(CC)C1)C(=O)O. The molecule has 1 aliphatic heterocycles. The molecule has 0 saturated carbocycles. The summed E-state index contributed by atoms with van der Waals surface area (Å²) in [4.78, 5) is 24.5. The maximum atomic E-state index is 11.9. The van der Waals surface area contributed by atoms with Gasteiger partial charge in [0, 0.05) is 13.1 Å². The largest absolute Gasteiger partial charge is 0.480 e. The number of nitrogens with one attached hydrogen (secondary N) is 1. The molecule has 18 heavy (non-hydrogen) atoms. The average molecular weight is 258 g/mol. The Morgan fingerprint density at radius 3 is 2.78 bits per heavy atom. The second kappa shape index (κ2) is 7.20. The van der Waals surface area contributed by atoms with E-state index in [0.717, 1.165) is 12.8 Å². The maximum Gasteiger partial charge on any atom is 0.326 e. The number of carbonyl (C=O) groups excluding carboxylic acids is 1. The maximum absolute atomic E-state index is 11.9. The number of amides is 2. The minimum absolute atomic E-state index is 0.0546. The number of morpholine rings is 1. The lowest BCUT2D eigenvalue weighted by Crippen LogP contribution is -2.53. The smallest absolute Gasteiger partial charge is 0.326 e. The monoisotopic (exact) mass is 258 g/mol. The van der Waals surface area contributed by atoms with Crippen LogP contribution >= 0.6 is 0 Å². The number of urea groups is 1. The molecular weight excluding hydrogens is 236 g/mol.